The molecule has 3 aromatic rings. The zero-order chi connectivity index (χ0) is 19.1. The minimum absolute atomic E-state index is 0.0216. The van der Waals surface area contributed by atoms with Crippen molar-refractivity contribution < 1.29 is 13.9 Å². The van der Waals surface area contributed by atoms with E-state index in [1.165, 1.54) is 17.5 Å². The van der Waals surface area contributed by atoms with Gasteiger partial charge in [0.15, 0.2) is 6.61 Å². The van der Waals surface area contributed by atoms with Gasteiger partial charge in [0.2, 0.25) is 12.3 Å². The molecular formula is C21H23N3O3. The third kappa shape index (κ3) is 5.41. The molecule has 0 unspecified atom stereocenters. The average molecular weight is 365 g/mol. The van der Waals surface area contributed by atoms with Crippen molar-refractivity contribution in [3.63, 3.8) is 0 Å². The van der Waals surface area contributed by atoms with Gasteiger partial charge in [-0.2, -0.15) is 0 Å². The zero-order valence-electron chi connectivity index (χ0n) is 15.5. The van der Waals surface area contributed by atoms with Crippen LogP contribution in [0.5, 0.6) is 5.75 Å². The lowest BCUT2D eigenvalue weighted by Crippen LogP contribution is -2.30. The van der Waals surface area contributed by atoms with Crippen molar-refractivity contribution in [3.8, 4) is 17.2 Å². The van der Waals surface area contributed by atoms with Crippen LogP contribution in [0.2, 0.25) is 0 Å². The fourth-order valence-electron chi connectivity index (χ4n) is 2.61. The van der Waals surface area contributed by atoms with Crippen molar-refractivity contribution in [2.24, 2.45) is 0 Å². The maximum Gasteiger partial charge on any atom is 0.257 e. The smallest absolute Gasteiger partial charge is 0.257 e. The Morgan fingerprint density at radius 2 is 1.85 bits per heavy atom. The molecule has 0 bridgehead atoms. The molecule has 0 saturated carbocycles. The molecule has 2 aromatic carbocycles. The van der Waals surface area contributed by atoms with Gasteiger partial charge in [-0.05, 0) is 47.7 Å². The Hall–Kier alpha value is -3.15. The molecular weight excluding hydrogens is 342 g/mol. The molecule has 0 saturated heterocycles. The number of carbonyl (C=O) groups excluding carboxylic acids is 1. The first kappa shape index (κ1) is 18.6. The van der Waals surface area contributed by atoms with Gasteiger partial charge >= 0.3 is 0 Å². The molecule has 140 valence electrons. The highest BCUT2D eigenvalue weighted by Gasteiger charge is 2.06. The predicted octanol–water partition coefficient (Wildman–Crippen LogP) is 3.60. The molecule has 27 heavy (non-hydrogen) atoms. The van der Waals surface area contributed by atoms with E-state index in [1.807, 2.05) is 12.1 Å². The molecule has 0 radical (unpaired) electrons. The van der Waals surface area contributed by atoms with Crippen molar-refractivity contribution >= 4 is 5.91 Å². The molecule has 0 fully saturated rings. The van der Waals surface area contributed by atoms with E-state index in [1.54, 1.807) is 12.1 Å². The van der Waals surface area contributed by atoms with Gasteiger partial charge in [-0.3, -0.25) is 4.79 Å². The Balaban J connectivity index is 1.39. The van der Waals surface area contributed by atoms with Gasteiger partial charge in [-0.25, -0.2) is 0 Å². The van der Waals surface area contributed by atoms with Crippen LogP contribution >= 0.6 is 0 Å². The second-order valence-corrected chi connectivity index (χ2v) is 6.55. The number of nitrogens with zero attached hydrogens (tertiary/aromatic N) is 2. The van der Waals surface area contributed by atoms with Gasteiger partial charge < -0.3 is 14.5 Å². The van der Waals surface area contributed by atoms with Crippen LogP contribution in [0.15, 0.2) is 59.3 Å². The molecule has 0 aliphatic carbocycles. The Bertz CT molecular complexity index is 841. The molecule has 0 atom stereocenters. The van der Waals surface area contributed by atoms with Crippen LogP contribution in [0.3, 0.4) is 0 Å². The Kier molecular flexibility index (Phi) is 6.20. The summed E-state index contributed by atoms with van der Waals surface area (Å²) >= 11 is 0. The number of amides is 1. The van der Waals surface area contributed by atoms with Crippen LogP contribution in [0, 0.1) is 0 Å². The van der Waals surface area contributed by atoms with Gasteiger partial charge in [0.25, 0.3) is 5.91 Å². The van der Waals surface area contributed by atoms with Gasteiger partial charge in [0.1, 0.15) is 5.75 Å². The summed E-state index contributed by atoms with van der Waals surface area (Å²) in [5, 5.41) is 10.4. The van der Waals surface area contributed by atoms with E-state index < -0.39 is 0 Å². The molecule has 1 aromatic heterocycles. The van der Waals surface area contributed by atoms with Crippen LogP contribution in [-0.2, 0) is 11.2 Å². The third-order valence-corrected chi connectivity index (χ3v) is 4.21. The number of hydrogen-bond acceptors (Lipinski definition) is 5. The fraction of sp³-hybridized carbons (Fsp3) is 0.286. The summed E-state index contributed by atoms with van der Waals surface area (Å²) in [5.74, 6) is 1.44. The number of carbonyl (C=O) groups is 1. The quantitative estimate of drug-likeness (QED) is 0.660. The first-order valence-corrected chi connectivity index (χ1v) is 8.97. The van der Waals surface area contributed by atoms with E-state index in [4.69, 9.17) is 9.15 Å². The predicted molar refractivity (Wildman–Crippen MR) is 102 cm³/mol. The molecule has 1 amide bonds. The number of rotatable bonds is 8. The lowest BCUT2D eigenvalue weighted by molar-refractivity contribution is -0.123. The second kappa shape index (κ2) is 8.98. The largest absolute Gasteiger partial charge is 0.484 e. The Morgan fingerprint density at radius 1 is 1.11 bits per heavy atom. The van der Waals surface area contributed by atoms with Gasteiger partial charge in [-0.15, -0.1) is 10.2 Å². The summed E-state index contributed by atoms with van der Waals surface area (Å²) < 4.78 is 10.6. The fourth-order valence-corrected chi connectivity index (χ4v) is 2.61. The van der Waals surface area contributed by atoms with Crippen LogP contribution in [0.25, 0.3) is 11.5 Å². The van der Waals surface area contributed by atoms with Crippen molar-refractivity contribution in [1.82, 2.24) is 15.5 Å². The SMILES string of the molecule is CC(C)c1ccc(CCNC(=O)COc2ccc(-c3nnco3)cc2)cc1. The van der Waals surface area contributed by atoms with E-state index in [-0.39, 0.29) is 12.5 Å². The molecule has 0 aliphatic rings. The standard InChI is InChI=1S/C21H23N3O3/c1-15(2)17-5-3-16(4-6-17)11-12-22-20(25)13-26-19-9-7-18(8-10-19)21-24-23-14-27-21/h3-10,14-15H,11-13H2,1-2H3,(H,22,25). The van der Waals surface area contributed by atoms with E-state index >= 15 is 0 Å². The first-order chi connectivity index (χ1) is 13.1. The van der Waals surface area contributed by atoms with Crippen LogP contribution in [0.4, 0.5) is 0 Å². The van der Waals surface area contributed by atoms with Crippen molar-refractivity contribution in [2.75, 3.05) is 13.2 Å². The van der Waals surface area contributed by atoms with E-state index in [2.05, 4.69) is 53.6 Å². The molecule has 0 aliphatic heterocycles. The minimum Gasteiger partial charge on any atom is -0.484 e. The molecule has 0 spiro atoms. The maximum absolute atomic E-state index is 11.9. The molecule has 1 N–H and O–H groups in total. The van der Waals surface area contributed by atoms with Gasteiger partial charge in [0, 0.05) is 12.1 Å². The van der Waals surface area contributed by atoms with Crippen molar-refractivity contribution in [2.45, 2.75) is 26.2 Å². The van der Waals surface area contributed by atoms with Gasteiger partial charge in [0.05, 0.1) is 0 Å². The topological polar surface area (TPSA) is 77.2 Å². The van der Waals surface area contributed by atoms with Crippen LogP contribution < -0.4 is 10.1 Å². The zero-order valence-corrected chi connectivity index (χ0v) is 15.5. The van der Waals surface area contributed by atoms with E-state index in [0.29, 0.717) is 24.1 Å². The van der Waals surface area contributed by atoms with Crippen molar-refractivity contribution in [1.29, 1.82) is 0 Å². The third-order valence-electron chi connectivity index (χ3n) is 4.21. The summed E-state index contributed by atoms with van der Waals surface area (Å²) in [6, 6.07) is 15.7. The Morgan fingerprint density at radius 3 is 2.48 bits per heavy atom. The average Bonchev–Trinajstić information content (AvgIpc) is 3.22. The molecule has 6 heteroatoms. The summed E-state index contributed by atoms with van der Waals surface area (Å²) in [7, 11) is 0. The molecule has 1 heterocycles. The van der Waals surface area contributed by atoms with Gasteiger partial charge in [-0.1, -0.05) is 38.1 Å². The summed E-state index contributed by atoms with van der Waals surface area (Å²) in [6.45, 7) is 4.91. The number of aromatic nitrogens is 2. The minimum atomic E-state index is -0.144. The van der Waals surface area contributed by atoms with E-state index in [9.17, 15) is 4.79 Å². The molecule has 6 nitrogen and oxygen atoms in total. The Labute approximate surface area is 158 Å². The maximum atomic E-state index is 11.9. The normalized spacial score (nSPS) is 10.8. The van der Waals surface area contributed by atoms with Crippen LogP contribution in [0.1, 0.15) is 30.9 Å². The number of nitrogens with one attached hydrogen (secondary N) is 1. The second-order valence-electron chi connectivity index (χ2n) is 6.55. The summed E-state index contributed by atoms with van der Waals surface area (Å²) in [6.07, 6.45) is 2.08. The van der Waals surface area contributed by atoms with Crippen LogP contribution in [-0.4, -0.2) is 29.3 Å². The number of benzene rings is 2. The first-order valence-electron chi connectivity index (χ1n) is 8.97. The highest BCUT2D eigenvalue weighted by molar-refractivity contribution is 5.77. The monoisotopic (exact) mass is 365 g/mol. The summed E-state index contributed by atoms with van der Waals surface area (Å²) in [5.41, 5.74) is 3.33. The highest BCUT2D eigenvalue weighted by atomic mass is 16.5. The van der Waals surface area contributed by atoms with Crippen molar-refractivity contribution in [3.05, 3.63) is 66.1 Å². The number of hydrogen-bond donors (Lipinski definition) is 1. The molecule has 3 rings (SSSR count). The lowest BCUT2D eigenvalue weighted by Gasteiger charge is -2.09. The lowest BCUT2D eigenvalue weighted by atomic mass is 10.0. The number of ether oxygens (including phenoxy) is 1. The van der Waals surface area contributed by atoms with E-state index in [0.717, 1.165) is 12.0 Å². The summed E-state index contributed by atoms with van der Waals surface area (Å²) in [4.78, 5) is 11.9. The highest BCUT2D eigenvalue weighted by Crippen LogP contribution is 2.20.